The van der Waals surface area contributed by atoms with E-state index in [1.54, 1.807) is 18.2 Å². The molecule has 0 aliphatic heterocycles. The van der Waals surface area contributed by atoms with Crippen molar-refractivity contribution in [1.29, 1.82) is 0 Å². The number of rotatable bonds is 6. The van der Waals surface area contributed by atoms with Gasteiger partial charge in [0.2, 0.25) is 11.8 Å². The molecule has 0 radical (unpaired) electrons. The number of benzene rings is 1. The van der Waals surface area contributed by atoms with Crippen LogP contribution in [-0.4, -0.2) is 17.5 Å². The summed E-state index contributed by atoms with van der Waals surface area (Å²) >= 11 is 6.00. The van der Waals surface area contributed by atoms with Gasteiger partial charge in [-0.2, -0.15) is 5.10 Å². The fourth-order valence-corrected chi connectivity index (χ4v) is 2.16. The van der Waals surface area contributed by atoms with Crippen LogP contribution in [0.2, 0.25) is 5.02 Å². The van der Waals surface area contributed by atoms with Crippen molar-refractivity contribution in [2.75, 3.05) is 5.32 Å². The number of halogens is 1. The molecule has 1 fully saturated rings. The van der Waals surface area contributed by atoms with E-state index in [1.807, 2.05) is 13.8 Å². The van der Waals surface area contributed by atoms with Gasteiger partial charge in [-0.3, -0.25) is 9.59 Å². The Morgan fingerprint density at radius 3 is 2.64 bits per heavy atom. The zero-order valence-corrected chi connectivity index (χ0v) is 13.5. The van der Waals surface area contributed by atoms with Crippen LogP contribution in [0, 0.1) is 12.8 Å². The van der Waals surface area contributed by atoms with E-state index in [-0.39, 0.29) is 24.7 Å². The Morgan fingerprint density at radius 2 is 1.95 bits per heavy atom. The van der Waals surface area contributed by atoms with Crippen molar-refractivity contribution in [2.24, 2.45) is 11.0 Å². The van der Waals surface area contributed by atoms with Crippen LogP contribution >= 0.6 is 11.6 Å². The number of nitrogens with zero attached hydrogens (tertiary/aromatic N) is 1. The van der Waals surface area contributed by atoms with Crippen molar-refractivity contribution in [3.63, 3.8) is 0 Å². The Morgan fingerprint density at radius 1 is 1.27 bits per heavy atom. The second-order valence-electron chi connectivity index (χ2n) is 5.52. The summed E-state index contributed by atoms with van der Waals surface area (Å²) in [6, 6.07) is 5.32. The van der Waals surface area contributed by atoms with Gasteiger partial charge in [-0.15, -0.1) is 0 Å². The van der Waals surface area contributed by atoms with Gasteiger partial charge in [-0.25, -0.2) is 5.43 Å². The van der Waals surface area contributed by atoms with E-state index >= 15 is 0 Å². The summed E-state index contributed by atoms with van der Waals surface area (Å²) in [5, 5.41) is 7.40. The summed E-state index contributed by atoms with van der Waals surface area (Å²) in [7, 11) is 0. The van der Waals surface area contributed by atoms with Crippen molar-refractivity contribution in [1.82, 2.24) is 5.43 Å². The van der Waals surface area contributed by atoms with Gasteiger partial charge in [0.25, 0.3) is 0 Å². The van der Waals surface area contributed by atoms with Crippen LogP contribution in [0.1, 0.15) is 38.2 Å². The van der Waals surface area contributed by atoms with Crippen LogP contribution in [0.4, 0.5) is 5.69 Å². The standard InChI is InChI=1S/C16H20ClN3O2/c1-10-13(17)4-3-5-14(10)18-15(21)8-9-16(22)20-19-11(2)12-6-7-12/h3-5,12H,6-9H2,1-2H3,(H,18,21)(H,20,22)/b19-11+. The van der Waals surface area contributed by atoms with Gasteiger partial charge in [0.05, 0.1) is 0 Å². The topological polar surface area (TPSA) is 70.6 Å². The summed E-state index contributed by atoms with van der Waals surface area (Å²) in [5.41, 5.74) is 4.92. The van der Waals surface area contributed by atoms with Crippen LogP contribution < -0.4 is 10.7 Å². The molecule has 22 heavy (non-hydrogen) atoms. The molecule has 5 nitrogen and oxygen atoms in total. The molecule has 2 amide bonds. The largest absolute Gasteiger partial charge is 0.326 e. The predicted octanol–water partition coefficient (Wildman–Crippen LogP) is 3.27. The third-order valence-corrected chi connectivity index (χ3v) is 4.06. The number of carbonyl (C=O) groups is 2. The van der Waals surface area contributed by atoms with E-state index in [2.05, 4.69) is 15.8 Å². The van der Waals surface area contributed by atoms with Crippen LogP contribution in [0.25, 0.3) is 0 Å². The molecule has 1 aliphatic carbocycles. The summed E-state index contributed by atoms with van der Waals surface area (Å²) in [6.07, 6.45) is 2.50. The van der Waals surface area contributed by atoms with Gasteiger partial charge >= 0.3 is 0 Å². The molecule has 1 saturated carbocycles. The van der Waals surface area contributed by atoms with E-state index in [0.29, 0.717) is 16.6 Å². The average molecular weight is 322 g/mol. The third kappa shape index (κ3) is 4.84. The number of hydrogen-bond donors (Lipinski definition) is 2. The van der Waals surface area contributed by atoms with Crippen molar-refractivity contribution < 1.29 is 9.59 Å². The molecular formula is C16H20ClN3O2. The summed E-state index contributed by atoms with van der Waals surface area (Å²) < 4.78 is 0. The number of carbonyl (C=O) groups excluding carboxylic acids is 2. The van der Waals surface area contributed by atoms with E-state index in [9.17, 15) is 9.59 Å². The zero-order valence-electron chi connectivity index (χ0n) is 12.8. The molecule has 1 aromatic carbocycles. The molecule has 0 spiro atoms. The maximum Gasteiger partial charge on any atom is 0.240 e. The minimum atomic E-state index is -0.252. The summed E-state index contributed by atoms with van der Waals surface area (Å²) in [4.78, 5) is 23.5. The normalized spacial score (nSPS) is 14.6. The Hall–Kier alpha value is -1.88. The molecular weight excluding hydrogens is 302 g/mol. The number of anilines is 1. The minimum Gasteiger partial charge on any atom is -0.326 e. The number of hydrazone groups is 1. The average Bonchev–Trinajstić information content (AvgIpc) is 3.32. The van der Waals surface area contributed by atoms with Crippen LogP contribution in [0.3, 0.4) is 0 Å². The van der Waals surface area contributed by atoms with E-state index in [4.69, 9.17) is 11.6 Å². The Balaban J connectivity index is 1.76. The molecule has 118 valence electrons. The van der Waals surface area contributed by atoms with Crippen molar-refractivity contribution >= 4 is 34.8 Å². The Kier molecular flexibility index (Phi) is 5.55. The molecule has 0 aromatic heterocycles. The Bertz CT molecular complexity index is 609. The second kappa shape index (κ2) is 7.40. The van der Waals surface area contributed by atoms with E-state index in [0.717, 1.165) is 24.1 Å². The highest BCUT2D eigenvalue weighted by molar-refractivity contribution is 6.31. The predicted molar refractivity (Wildman–Crippen MR) is 88.0 cm³/mol. The van der Waals surface area contributed by atoms with E-state index in [1.165, 1.54) is 0 Å². The van der Waals surface area contributed by atoms with Gasteiger partial charge in [0, 0.05) is 29.3 Å². The van der Waals surface area contributed by atoms with Crippen molar-refractivity contribution in [3.05, 3.63) is 28.8 Å². The highest BCUT2D eigenvalue weighted by atomic mass is 35.5. The first-order chi connectivity index (χ1) is 10.5. The molecule has 0 saturated heterocycles. The first-order valence-corrected chi connectivity index (χ1v) is 7.73. The monoisotopic (exact) mass is 321 g/mol. The number of amides is 2. The first-order valence-electron chi connectivity index (χ1n) is 7.35. The van der Waals surface area contributed by atoms with Gasteiger partial charge in [-0.1, -0.05) is 17.7 Å². The van der Waals surface area contributed by atoms with Gasteiger partial charge in [0.1, 0.15) is 0 Å². The molecule has 0 bridgehead atoms. The fourth-order valence-electron chi connectivity index (χ4n) is 1.98. The van der Waals surface area contributed by atoms with Crippen molar-refractivity contribution in [2.45, 2.75) is 39.5 Å². The SMILES string of the molecule is C/C(=N\NC(=O)CCC(=O)Nc1cccc(Cl)c1C)C1CC1. The molecule has 6 heteroatoms. The van der Waals surface area contributed by atoms with Gasteiger partial charge in [-0.05, 0) is 50.3 Å². The lowest BCUT2D eigenvalue weighted by molar-refractivity contribution is -0.124. The lowest BCUT2D eigenvalue weighted by Crippen LogP contribution is -2.22. The fraction of sp³-hybridized carbons (Fsp3) is 0.438. The molecule has 2 rings (SSSR count). The lowest BCUT2D eigenvalue weighted by atomic mass is 10.2. The maximum atomic E-state index is 11.9. The first kappa shape index (κ1) is 16.5. The summed E-state index contributed by atoms with van der Waals surface area (Å²) in [5.74, 6) is 0.0516. The number of nitrogens with one attached hydrogen (secondary N) is 2. The molecule has 0 atom stereocenters. The minimum absolute atomic E-state index is 0.104. The molecule has 0 heterocycles. The van der Waals surface area contributed by atoms with Crippen LogP contribution in [-0.2, 0) is 9.59 Å². The zero-order chi connectivity index (χ0) is 16.1. The van der Waals surface area contributed by atoms with Crippen molar-refractivity contribution in [3.8, 4) is 0 Å². The smallest absolute Gasteiger partial charge is 0.240 e. The third-order valence-electron chi connectivity index (χ3n) is 3.65. The maximum absolute atomic E-state index is 11.9. The van der Waals surface area contributed by atoms with Crippen LogP contribution in [0.5, 0.6) is 0 Å². The van der Waals surface area contributed by atoms with Crippen LogP contribution in [0.15, 0.2) is 23.3 Å². The molecule has 1 aliphatic rings. The lowest BCUT2D eigenvalue weighted by Gasteiger charge is -2.09. The Labute approximate surface area is 135 Å². The molecule has 0 unspecified atom stereocenters. The number of hydrogen-bond acceptors (Lipinski definition) is 3. The summed E-state index contributed by atoms with van der Waals surface area (Å²) in [6.45, 7) is 3.74. The molecule has 1 aromatic rings. The van der Waals surface area contributed by atoms with Gasteiger partial charge in [0.15, 0.2) is 0 Å². The highest BCUT2D eigenvalue weighted by Crippen LogP contribution is 2.30. The second-order valence-corrected chi connectivity index (χ2v) is 5.93. The molecule has 2 N–H and O–H groups in total. The van der Waals surface area contributed by atoms with Gasteiger partial charge < -0.3 is 5.32 Å². The van der Waals surface area contributed by atoms with E-state index < -0.39 is 0 Å². The highest BCUT2D eigenvalue weighted by Gasteiger charge is 2.24. The quantitative estimate of drug-likeness (QED) is 0.623.